The van der Waals surface area contributed by atoms with Crippen molar-refractivity contribution in [1.29, 1.82) is 0 Å². The first-order chi connectivity index (χ1) is 8.74. The maximum atomic E-state index is 5.42. The van der Waals surface area contributed by atoms with Crippen molar-refractivity contribution in [2.45, 2.75) is 19.6 Å². The summed E-state index contributed by atoms with van der Waals surface area (Å²) in [6, 6.07) is 8.25. The Labute approximate surface area is 121 Å². The largest absolute Gasteiger partial charge is 0.358 e. The van der Waals surface area contributed by atoms with Crippen molar-refractivity contribution in [1.82, 2.24) is 9.88 Å². The highest BCUT2D eigenvalue weighted by Gasteiger charge is 2.08. The molecular weight excluding hydrogens is 280 g/mol. The number of thioether (sulfide) groups is 1. The predicted octanol–water partition coefficient (Wildman–Crippen LogP) is 4.16. The van der Waals surface area contributed by atoms with Crippen molar-refractivity contribution in [3.05, 3.63) is 29.3 Å². The molecule has 0 unspecified atom stereocenters. The molecule has 0 N–H and O–H groups in total. The molecule has 2 rings (SSSR count). The summed E-state index contributed by atoms with van der Waals surface area (Å²) in [5.74, 6) is 0.870. The number of hydrogen-bond acceptors (Lipinski definition) is 4. The summed E-state index contributed by atoms with van der Waals surface area (Å²) in [6.45, 7) is 6.21. The molecule has 0 aliphatic heterocycles. The van der Waals surface area contributed by atoms with Gasteiger partial charge in [-0.25, -0.2) is 4.98 Å². The van der Waals surface area contributed by atoms with Gasteiger partial charge in [0.2, 0.25) is 0 Å². The monoisotopic (exact) mass is 296 g/mol. The van der Waals surface area contributed by atoms with E-state index in [2.05, 4.69) is 41.9 Å². The number of fused-ring (bicyclic) bond motifs is 1. The highest BCUT2D eigenvalue weighted by Crippen LogP contribution is 2.25. The van der Waals surface area contributed by atoms with E-state index in [1.54, 1.807) is 23.1 Å². The van der Waals surface area contributed by atoms with E-state index in [0.717, 1.165) is 33.7 Å². The summed E-state index contributed by atoms with van der Waals surface area (Å²) < 4.78 is 2.22. The van der Waals surface area contributed by atoms with Crippen LogP contribution >= 0.6 is 35.3 Å². The number of benzene rings is 1. The Kier molecular flexibility index (Phi) is 4.97. The molecule has 0 fully saturated rings. The van der Waals surface area contributed by atoms with Crippen LogP contribution in [0.1, 0.15) is 18.9 Å². The molecule has 1 aromatic heterocycles. The molecule has 0 atom stereocenters. The molecule has 0 radical (unpaired) electrons. The number of rotatable bonds is 4. The van der Waals surface area contributed by atoms with Crippen LogP contribution in [0, 0.1) is 0 Å². The van der Waals surface area contributed by atoms with Gasteiger partial charge < -0.3 is 4.90 Å². The lowest BCUT2D eigenvalue weighted by molar-refractivity contribution is 0.482. The van der Waals surface area contributed by atoms with E-state index in [-0.39, 0.29) is 0 Å². The Morgan fingerprint density at radius 3 is 2.72 bits per heavy atom. The average Bonchev–Trinajstić information content (AvgIpc) is 2.80. The van der Waals surface area contributed by atoms with Gasteiger partial charge in [0, 0.05) is 13.1 Å². The van der Waals surface area contributed by atoms with Crippen LogP contribution in [0.25, 0.3) is 10.2 Å². The van der Waals surface area contributed by atoms with Crippen molar-refractivity contribution >= 4 is 49.9 Å². The molecule has 2 aromatic rings. The van der Waals surface area contributed by atoms with Crippen LogP contribution in [-0.4, -0.2) is 27.3 Å². The van der Waals surface area contributed by atoms with Gasteiger partial charge in [0.05, 0.1) is 16.0 Å². The van der Waals surface area contributed by atoms with E-state index in [9.17, 15) is 0 Å². The molecule has 0 aliphatic rings. The zero-order valence-corrected chi connectivity index (χ0v) is 13.0. The van der Waals surface area contributed by atoms with Gasteiger partial charge in [-0.1, -0.05) is 36.1 Å². The molecule has 0 saturated heterocycles. The maximum Gasteiger partial charge on any atom is 0.136 e. The van der Waals surface area contributed by atoms with Crippen molar-refractivity contribution in [3.63, 3.8) is 0 Å². The topological polar surface area (TPSA) is 16.1 Å². The second-order valence-electron chi connectivity index (χ2n) is 3.80. The standard InChI is InChI=1S/C13H16N2S3/c1-3-15(4-2)13(16)17-9-12-14-10-7-5-6-8-11(10)18-12/h5-8H,3-4,9H2,1-2H3. The van der Waals surface area contributed by atoms with E-state index in [1.807, 2.05) is 6.07 Å². The molecule has 0 aliphatic carbocycles. The molecule has 1 heterocycles. The Morgan fingerprint density at radius 2 is 2.06 bits per heavy atom. The molecule has 0 saturated carbocycles. The molecule has 5 heteroatoms. The van der Waals surface area contributed by atoms with Crippen molar-refractivity contribution in [3.8, 4) is 0 Å². The first kappa shape index (κ1) is 13.8. The minimum absolute atomic E-state index is 0.870. The highest BCUT2D eigenvalue weighted by molar-refractivity contribution is 8.22. The number of para-hydroxylation sites is 1. The van der Waals surface area contributed by atoms with Crippen molar-refractivity contribution in [2.75, 3.05) is 13.1 Å². The van der Waals surface area contributed by atoms with Gasteiger partial charge in [0.25, 0.3) is 0 Å². The minimum Gasteiger partial charge on any atom is -0.358 e. The Balaban J connectivity index is 1.99. The second kappa shape index (κ2) is 6.50. The smallest absolute Gasteiger partial charge is 0.136 e. The van der Waals surface area contributed by atoms with Gasteiger partial charge in [-0.3, -0.25) is 0 Å². The van der Waals surface area contributed by atoms with E-state index >= 15 is 0 Å². The third-order valence-corrected chi connectivity index (χ3v) is 5.43. The summed E-state index contributed by atoms with van der Waals surface area (Å²) >= 11 is 8.88. The van der Waals surface area contributed by atoms with E-state index in [1.165, 1.54) is 4.70 Å². The summed E-state index contributed by atoms with van der Waals surface area (Å²) in [6.07, 6.45) is 0. The predicted molar refractivity (Wildman–Crippen MR) is 86.4 cm³/mol. The zero-order valence-electron chi connectivity index (χ0n) is 10.5. The van der Waals surface area contributed by atoms with Gasteiger partial charge in [-0.05, 0) is 26.0 Å². The third kappa shape index (κ3) is 3.22. The van der Waals surface area contributed by atoms with E-state index < -0.39 is 0 Å². The van der Waals surface area contributed by atoms with Gasteiger partial charge in [-0.15, -0.1) is 11.3 Å². The Hall–Kier alpha value is -0.650. The summed E-state index contributed by atoms with van der Waals surface area (Å²) in [7, 11) is 0. The summed E-state index contributed by atoms with van der Waals surface area (Å²) in [4.78, 5) is 6.82. The minimum atomic E-state index is 0.870. The first-order valence-electron chi connectivity index (χ1n) is 6.00. The van der Waals surface area contributed by atoms with Crippen LogP contribution in [0.15, 0.2) is 24.3 Å². The van der Waals surface area contributed by atoms with Crippen LogP contribution in [0.3, 0.4) is 0 Å². The zero-order chi connectivity index (χ0) is 13.0. The highest BCUT2D eigenvalue weighted by atomic mass is 32.2. The van der Waals surface area contributed by atoms with Crippen LogP contribution in [0.5, 0.6) is 0 Å². The van der Waals surface area contributed by atoms with E-state index in [4.69, 9.17) is 12.2 Å². The fourth-order valence-corrected chi connectivity index (χ4v) is 4.04. The Morgan fingerprint density at radius 1 is 1.33 bits per heavy atom. The van der Waals surface area contributed by atoms with Crippen LogP contribution in [-0.2, 0) is 5.75 Å². The number of aromatic nitrogens is 1. The summed E-state index contributed by atoms with van der Waals surface area (Å²) in [5, 5.41) is 1.15. The molecule has 0 amide bonds. The summed E-state index contributed by atoms with van der Waals surface area (Å²) in [5.41, 5.74) is 1.09. The molecule has 0 spiro atoms. The van der Waals surface area contributed by atoms with Crippen LogP contribution in [0.4, 0.5) is 0 Å². The van der Waals surface area contributed by atoms with Crippen LogP contribution in [0.2, 0.25) is 0 Å². The van der Waals surface area contributed by atoms with Crippen LogP contribution < -0.4 is 0 Å². The van der Waals surface area contributed by atoms with Gasteiger partial charge >= 0.3 is 0 Å². The lowest BCUT2D eigenvalue weighted by Gasteiger charge is -2.20. The maximum absolute atomic E-state index is 5.42. The SMILES string of the molecule is CCN(CC)C(=S)SCc1nc2ccccc2s1. The molecule has 2 nitrogen and oxygen atoms in total. The lowest BCUT2D eigenvalue weighted by atomic mass is 10.3. The molecule has 18 heavy (non-hydrogen) atoms. The quantitative estimate of drug-likeness (QED) is 0.787. The van der Waals surface area contributed by atoms with E-state index in [0.29, 0.717) is 0 Å². The van der Waals surface area contributed by atoms with Gasteiger partial charge in [0.1, 0.15) is 9.33 Å². The molecular formula is C13H16N2S3. The van der Waals surface area contributed by atoms with Crippen molar-refractivity contribution in [2.24, 2.45) is 0 Å². The fourth-order valence-electron chi connectivity index (χ4n) is 1.68. The lowest BCUT2D eigenvalue weighted by Crippen LogP contribution is -2.26. The molecule has 0 bridgehead atoms. The van der Waals surface area contributed by atoms with Gasteiger partial charge in [-0.2, -0.15) is 0 Å². The Bertz CT molecular complexity index is 499. The second-order valence-corrected chi connectivity index (χ2v) is 6.53. The third-order valence-electron chi connectivity index (χ3n) is 2.68. The first-order valence-corrected chi connectivity index (χ1v) is 8.21. The van der Waals surface area contributed by atoms with Crippen molar-refractivity contribution < 1.29 is 0 Å². The number of thiocarbonyl (C=S) groups is 1. The number of thiazole rings is 1. The number of hydrogen-bond donors (Lipinski definition) is 0. The number of nitrogens with zero attached hydrogens (tertiary/aromatic N) is 2. The molecule has 1 aromatic carbocycles. The average molecular weight is 296 g/mol. The fraction of sp³-hybridized carbons (Fsp3) is 0.385. The normalized spacial score (nSPS) is 10.8. The molecule has 96 valence electrons. The van der Waals surface area contributed by atoms with Gasteiger partial charge in [0.15, 0.2) is 0 Å².